The van der Waals surface area contributed by atoms with Crippen molar-refractivity contribution in [2.45, 2.75) is 19.6 Å². The first-order valence-electron chi connectivity index (χ1n) is 5.33. The fourth-order valence-electron chi connectivity index (χ4n) is 1.73. The van der Waals surface area contributed by atoms with Gasteiger partial charge in [0.25, 0.3) is 0 Å². The molecular formula is C12H9BrF4N2. The normalized spacial score (nSPS) is 11.9. The lowest BCUT2D eigenvalue weighted by atomic mass is 10.1. The summed E-state index contributed by atoms with van der Waals surface area (Å²) < 4.78 is 51.7. The van der Waals surface area contributed by atoms with Gasteiger partial charge in [-0.2, -0.15) is 18.3 Å². The van der Waals surface area contributed by atoms with Crippen molar-refractivity contribution in [3.05, 3.63) is 40.2 Å². The van der Waals surface area contributed by atoms with Crippen molar-refractivity contribution in [2.75, 3.05) is 0 Å². The molecule has 0 radical (unpaired) electrons. The molecule has 1 aromatic heterocycles. The summed E-state index contributed by atoms with van der Waals surface area (Å²) >= 11 is 3.22. The van der Waals surface area contributed by atoms with Crippen LogP contribution in [0, 0.1) is 12.7 Å². The van der Waals surface area contributed by atoms with Crippen LogP contribution in [0.5, 0.6) is 0 Å². The second-order valence-corrected chi connectivity index (χ2v) is 4.82. The molecule has 0 aliphatic rings. The zero-order valence-corrected chi connectivity index (χ0v) is 11.4. The molecule has 0 aliphatic carbocycles. The molecule has 0 saturated heterocycles. The van der Waals surface area contributed by atoms with E-state index in [1.165, 1.54) is 24.3 Å². The van der Waals surface area contributed by atoms with Crippen LogP contribution in [0.25, 0.3) is 11.3 Å². The Morgan fingerprint density at radius 3 is 2.32 bits per heavy atom. The molecule has 0 spiro atoms. The Morgan fingerprint density at radius 1 is 1.21 bits per heavy atom. The van der Waals surface area contributed by atoms with Crippen molar-refractivity contribution in [1.82, 2.24) is 9.78 Å². The summed E-state index contributed by atoms with van der Waals surface area (Å²) in [5.74, 6) is -0.446. The molecule has 0 amide bonds. The highest BCUT2D eigenvalue weighted by Crippen LogP contribution is 2.32. The molecule has 0 bridgehead atoms. The number of hydrogen-bond donors (Lipinski definition) is 0. The number of nitrogens with zero attached hydrogens (tertiary/aromatic N) is 2. The lowest BCUT2D eigenvalue weighted by Gasteiger charge is -2.10. The molecule has 0 unspecified atom stereocenters. The fourth-order valence-corrected chi connectivity index (χ4v) is 2.24. The number of aryl methyl sites for hydroxylation is 1. The second kappa shape index (κ2) is 4.96. The Bertz CT molecular complexity index is 587. The predicted octanol–water partition coefficient (Wildman–Crippen LogP) is 4.32. The van der Waals surface area contributed by atoms with Gasteiger partial charge in [-0.05, 0) is 47.1 Å². The summed E-state index contributed by atoms with van der Waals surface area (Å²) in [6.45, 7) is 0.413. The lowest BCUT2D eigenvalue weighted by molar-refractivity contribution is -0.142. The largest absolute Gasteiger partial charge is 0.408 e. The van der Waals surface area contributed by atoms with Crippen LogP contribution < -0.4 is 0 Å². The molecule has 19 heavy (non-hydrogen) atoms. The van der Waals surface area contributed by atoms with Gasteiger partial charge in [-0.3, -0.25) is 4.68 Å². The third-order valence-corrected chi connectivity index (χ3v) is 3.45. The molecule has 2 nitrogen and oxygen atoms in total. The molecule has 0 aliphatic heterocycles. The van der Waals surface area contributed by atoms with Crippen LogP contribution >= 0.6 is 15.9 Å². The maximum atomic E-state index is 12.9. The quantitative estimate of drug-likeness (QED) is 0.746. The standard InChI is InChI=1S/C12H9BrF4N2/c1-7-10(13)11(8-2-4-9(14)5-3-8)19(18-7)6-12(15,16)17/h2-5H,6H2,1H3. The molecule has 2 aromatic rings. The van der Waals surface area contributed by atoms with E-state index in [-0.39, 0.29) is 5.69 Å². The van der Waals surface area contributed by atoms with E-state index in [9.17, 15) is 17.6 Å². The van der Waals surface area contributed by atoms with Crippen LogP contribution in [0.1, 0.15) is 5.69 Å². The SMILES string of the molecule is Cc1nn(CC(F)(F)F)c(-c2ccc(F)cc2)c1Br. The maximum Gasteiger partial charge on any atom is 0.408 e. The Labute approximate surface area is 115 Å². The summed E-state index contributed by atoms with van der Waals surface area (Å²) in [6.07, 6.45) is -4.37. The number of rotatable bonds is 2. The minimum Gasteiger partial charge on any atom is -0.254 e. The van der Waals surface area contributed by atoms with Crippen LogP contribution in [0.4, 0.5) is 17.6 Å². The minimum atomic E-state index is -4.37. The average Bonchev–Trinajstić information content (AvgIpc) is 2.54. The lowest BCUT2D eigenvalue weighted by Crippen LogP contribution is -2.19. The number of benzene rings is 1. The molecule has 0 atom stereocenters. The number of aromatic nitrogens is 2. The second-order valence-electron chi connectivity index (χ2n) is 4.03. The Morgan fingerprint density at radius 2 is 1.79 bits per heavy atom. The van der Waals surface area contributed by atoms with Crippen molar-refractivity contribution >= 4 is 15.9 Å². The molecule has 0 saturated carbocycles. The van der Waals surface area contributed by atoms with Crippen LogP contribution in [0.3, 0.4) is 0 Å². The van der Waals surface area contributed by atoms with Gasteiger partial charge in [0.1, 0.15) is 12.4 Å². The van der Waals surface area contributed by atoms with E-state index in [1.807, 2.05) is 0 Å². The summed E-state index contributed by atoms with van der Waals surface area (Å²) in [5, 5.41) is 3.85. The van der Waals surface area contributed by atoms with Gasteiger partial charge < -0.3 is 0 Å². The Kier molecular flexibility index (Phi) is 3.66. The maximum absolute atomic E-state index is 12.9. The zero-order chi connectivity index (χ0) is 14.2. The first kappa shape index (κ1) is 14.0. The first-order chi connectivity index (χ1) is 8.78. The van der Waals surface area contributed by atoms with Gasteiger partial charge in [-0.25, -0.2) is 4.39 Å². The van der Waals surface area contributed by atoms with Crippen LogP contribution in [-0.2, 0) is 6.54 Å². The van der Waals surface area contributed by atoms with Crippen molar-refractivity contribution in [1.29, 1.82) is 0 Å². The molecule has 0 N–H and O–H groups in total. The van der Waals surface area contributed by atoms with Crippen molar-refractivity contribution in [3.63, 3.8) is 0 Å². The third-order valence-electron chi connectivity index (χ3n) is 2.50. The van der Waals surface area contributed by atoms with E-state index in [1.54, 1.807) is 6.92 Å². The van der Waals surface area contributed by atoms with E-state index in [4.69, 9.17) is 0 Å². The zero-order valence-electron chi connectivity index (χ0n) is 9.80. The highest BCUT2D eigenvalue weighted by molar-refractivity contribution is 9.10. The molecular weight excluding hydrogens is 328 g/mol. The summed E-state index contributed by atoms with van der Waals surface area (Å²) in [4.78, 5) is 0. The highest BCUT2D eigenvalue weighted by atomic mass is 79.9. The van der Waals surface area contributed by atoms with Gasteiger partial charge in [0.15, 0.2) is 0 Å². The summed E-state index contributed by atoms with van der Waals surface area (Å²) in [7, 11) is 0. The number of halogens is 5. The first-order valence-corrected chi connectivity index (χ1v) is 6.13. The minimum absolute atomic E-state index is 0.287. The molecule has 2 rings (SSSR count). The smallest absolute Gasteiger partial charge is 0.254 e. The van der Waals surface area contributed by atoms with Crippen LogP contribution in [-0.4, -0.2) is 16.0 Å². The van der Waals surface area contributed by atoms with Crippen molar-refractivity contribution in [3.8, 4) is 11.3 Å². The van der Waals surface area contributed by atoms with E-state index in [0.29, 0.717) is 15.7 Å². The fraction of sp³-hybridized carbons (Fsp3) is 0.250. The summed E-state index contributed by atoms with van der Waals surface area (Å²) in [5.41, 5.74) is 1.21. The molecule has 1 heterocycles. The summed E-state index contributed by atoms with van der Waals surface area (Å²) in [6, 6.07) is 5.23. The molecule has 102 valence electrons. The van der Waals surface area contributed by atoms with Gasteiger partial charge in [0.05, 0.1) is 15.9 Å². The predicted molar refractivity (Wildman–Crippen MR) is 66.1 cm³/mol. The average molecular weight is 337 g/mol. The van der Waals surface area contributed by atoms with E-state index >= 15 is 0 Å². The monoisotopic (exact) mass is 336 g/mol. The molecule has 0 fully saturated rings. The van der Waals surface area contributed by atoms with Crippen LogP contribution in [0.2, 0.25) is 0 Å². The van der Waals surface area contributed by atoms with E-state index in [2.05, 4.69) is 21.0 Å². The highest BCUT2D eigenvalue weighted by Gasteiger charge is 2.31. The Balaban J connectivity index is 2.52. The number of alkyl halides is 3. The van der Waals surface area contributed by atoms with Crippen molar-refractivity contribution in [2.24, 2.45) is 0 Å². The van der Waals surface area contributed by atoms with Crippen molar-refractivity contribution < 1.29 is 17.6 Å². The van der Waals surface area contributed by atoms with Gasteiger partial charge >= 0.3 is 6.18 Å². The van der Waals surface area contributed by atoms with Gasteiger partial charge in [-0.15, -0.1) is 0 Å². The van der Waals surface area contributed by atoms with Gasteiger partial charge in [-0.1, -0.05) is 0 Å². The Hall–Kier alpha value is -1.37. The van der Waals surface area contributed by atoms with Gasteiger partial charge in [0, 0.05) is 5.56 Å². The molecule has 7 heteroatoms. The van der Waals surface area contributed by atoms with E-state index < -0.39 is 18.5 Å². The molecule has 1 aromatic carbocycles. The third kappa shape index (κ3) is 3.15. The van der Waals surface area contributed by atoms with Gasteiger partial charge in [0.2, 0.25) is 0 Å². The topological polar surface area (TPSA) is 17.8 Å². The van der Waals surface area contributed by atoms with E-state index in [0.717, 1.165) is 4.68 Å². The van der Waals surface area contributed by atoms with Crippen LogP contribution in [0.15, 0.2) is 28.7 Å². The number of hydrogen-bond acceptors (Lipinski definition) is 1.